The van der Waals surface area contributed by atoms with Crippen molar-refractivity contribution < 1.29 is 24.1 Å². The average molecular weight is 491 g/mol. The van der Waals surface area contributed by atoms with Gasteiger partial charge in [0.25, 0.3) is 0 Å². The molecule has 0 radical (unpaired) electrons. The minimum absolute atomic E-state index is 0.0275. The van der Waals surface area contributed by atoms with Crippen molar-refractivity contribution in [2.24, 2.45) is 5.92 Å². The third-order valence-corrected chi connectivity index (χ3v) is 7.34. The van der Waals surface area contributed by atoms with Crippen molar-refractivity contribution in [2.75, 3.05) is 31.2 Å². The zero-order chi connectivity index (χ0) is 24.6. The van der Waals surface area contributed by atoms with Gasteiger partial charge in [0.15, 0.2) is 12.1 Å². The summed E-state index contributed by atoms with van der Waals surface area (Å²) in [6, 6.07) is 13.3. The number of para-hydroxylation sites is 1. The standard InChI is InChI=1S/C27H30N4O5/c1-16-6-7-18-21(14-16)29-24(19-4-2-3-5-22(19)32)30-25(18)31-11-8-17(9-12-31)28-27(33)36-23-15-35-26-20(23)10-13-34-26/h2-7,14,17,20,23,26,32H,8-13,15H2,1H3,(H,28,33)/t20-,23+,26+/m0/s1. The summed E-state index contributed by atoms with van der Waals surface area (Å²) in [5, 5.41) is 14.4. The fourth-order valence-corrected chi connectivity index (χ4v) is 5.37. The van der Waals surface area contributed by atoms with E-state index < -0.39 is 0 Å². The number of hydrogen-bond acceptors (Lipinski definition) is 8. The summed E-state index contributed by atoms with van der Waals surface area (Å²) in [4.78, 5) is 24.4. The maximum Gasteiger partial charge on any atom is 0.407 e. The van der Waals surface area contributed by atoms with Gasteiger partial charge >= 0.3 is 6.09 Å². The Kier molecular flexibility index (Phi) is 6.10. The van der Waals surface area contributed by atoms with Crippen LogP contribution in [0.15, 0.2) is 42.5 Å². The largest absolute Gasteiger partial charge is 0.507 e. The van der Waals surface area contributed by atoms with Gasteiger partial charge in [-0.3, -0.25) is 0 Å². The molecule has 1 amide bonds. The normalized spacial score (nSPS) is 24.1. The Balaban J connectivity index is 1.16. The molecule has 0 saturated carbocycles. The first-order valence-corrected chi connectivity index (χ1v) is 12.6. The number of aromatic hydroxyl groups is 1. The van der Waals surface area contributed by atoms with E-state index in [0.717, 1.165) is 54.6 Å². The van der Waals surface area contributed by atoms with Gasteiger partial charge in [0.05, 0.1) is 30.2 Å². The molecule has 6 rings (SSSR count). The predicted octanol–water partition coefficient (Wildman–Crippen LogP) is 3.77. The summed E-state index contributed by atoms with van der Waals surface area (Å²) in [6.45, 7) is 4.54. The Labute approximate surface area is 209 Å². The molecule has 0 bridgehead atoms. The van der Waals surface area contributed by atoms with Crippen molar-refractivity contribution in [3.05, 3.63) is 48.0 Å². The number of alkyl carbamates (subject to hydrolysis) is 1. The molecule has 2 aromatic carbocycles. The van der Waals surface area contributed by atoms with Crippen LogP contribution >= 0.6 is 0 Å². The minimum Gasteiger partial charge on any atom is -0.507 e. The first-order valence-electron chi connectivity index (χ1n) is 12.6. The van der Waals surface area contributed by atoms with Crippen molar-refractivity contribution in [2.45, 2.75) is 44.6 Å². The maximum absolute atomic E-state index is 12.6. The second-order valence-electron chi connectivity index (χ2n) is 9.78. The van der Waals surface area contributed by atoms with Gasteiger partial charge in [-0.1, -0.05) is 18.2 Å². The lowest BCUT2D eigenvalue weighted by Gasteiger charge is -2.34. The quantitative estimate of drug-likeness (QED) is 0.569. The maximum atomic E-state index is 12.6. The van der Waals surface area contributed by atoms with E-state index in [-0.39, 0.29) is 36.2 Å². The number of carbonyl (C=O) groups is 1. The number of phenols is 1. The van der Waals surface area contributed by atoms with E-state index in [1.807, 2.05) is 25.1 Å². The molecule has 0 unspecified atom stereocenters. The van der Waals surface area contributed by atoms with Crippen LogP contribution in [0.1, 0.15) is 24.8 Å². The van der Waals surface area contributed by atoms with Crippen molar-refractivity contribution in [1.29, 1.82) is 0 Å². The molecule has 3 atom stereocenters. The molecule has 3 fully saturated rings. The van der Waals surface area contributed by atoms with Crippen molar-refractivity contribution in [3.8, 4) is 17.1 Å². The van der Waals surface area contributed by atoms with Crippen LogP contribution in [0.3, 0.4) is 0 Å². The zero-order valence-corrected chi connectivity index (χ0v) is 20.2. The molecule has 36 heavy (non-hydrogen) atoms. The number of aromatic nitrogens is 2. The van der Waals surface area contributed by atoms with Crippen LogP contribution in [0.5, 0.6) is 5.75 Å². The van der Waals surface area contributed by atoms with E-state index in [4.69, 9.17) is 24.2 Å². The first kappa shape index (κ1) is 23.0. The van der Waals surface area contributed by atoms with Crippen LogP contribution in [0.4, 0.5) is 10.6 Å². The number of phenolic OH excluding ortho intramolecular Hbond substituents is 1. The van der Waals surface area contributed by atoms with E-state index in [1.54, 1.807) is 12.1 Å². The second-order valence-corrected chi connectivity index (χ2v) is 9.78. The fourth-order valence-electron chi connectivity index (χ4n) is 5.37. The van der Waals surface area contributed by atoms with Crippen LogP contribution < -0.4 is 10.2 Å². The number of rotatable bonds is 4. The van der Waals surface area contributed by atoms with E-state index in [1.165, 1.54) is 0 Å². The van der Waals surface area contributed by atoms with Crippen molar-refractivity contribution >= 4 is 22.8 Å². The lowest BCUT2D eigenvalue weighted by Crippen LogP contribution is -2.46. The first-order chi connectivity index (χ1) is 17.5. The van der Waals surface area contributed by atoms with Crippen molar-refractivity contribution in [1.82, 2.24) is 15.3 Å². The number of piperidine rings is 1. The molecule has 3 aliphatic heterocycles. The number of aryl methyl sites for hydroxylation is 1. The fraction of sp³-hybridized carbons (Fsp3) is 0.444. The van der Waals surface area contributed by atoms with Crippen LogP contribution in [0, 0.1) is 12.8 Å². The number of benzene rings is 2. The number of anilines is 1. The van der Waals surface area contributed by atoms with Crippen molar-refractivity contribution in [3.63, 3.8) is 0 Å². The highest BCUT2D eigenvalue weighted by Crippen LogP contribution is 2.34. The van der Waals surface area contributed by atoms with Gasteiger partial charge in [0.1, 0.15) is 17.7 Å². The number of nitrogens with one attached hydrogen (secondary N) is 1. The number of hydrogen-bond donors (Lipinski definition) is 2. The van der Waals surface area contributed by atoms with Crippen LogP contribution in [-0.2, 0) is 14.2 Å². The highest BCUT2D eigenvalue weighted by atomic mass is 16.7. The van der Waals surface area contributed by atoms with E-state index in [0.29, 0.717) is 24.6 Å². The molecule has 2 N–H and O–H groups in total. The number of nitrogens with zero attached hydrogens (tertiary/aromatic N) is 3. The summed E-state index contributed by atoms with van der Waals surface area (Å²) in [5.41, 5.74) is 2.56. The van der Waals surface area contributed by atoms with Crippen LogP contribution in [-0.4, -0.2) is 65.9 Å². The predicted molar refractivity (Wildman–Crippen MR) is 134 cm³/mol. The summed E-state index contributed by atoms with van der Waals surface area (Å²) in [7, 11) is 0. The van der Waals surface area contributed by atoms with E-state index >= 15 is 0 Å². The summed E-state index contributed by atoms with van der Waals surface area (Å²) < 4.78 is 16.8. The van der Waals surface area contributed by atoms with Crippen LogP contribution in [0.2, 0.25) is 0 Å². The Hall–Kier alpha value is -3.43. The Morgan fingerprint density at radius 2 is 1.94 bits per heavy atom. The molecule has 0 aliphatic carbocycles. The second kappa shape index (κ2) is 9.55. The molecule has 3 saturated heterocycles. The van der Waals surface area contributed by atoms with Gasteiger partial charge in [-0.05, 0) is 56.0 Å². The monoisotopic (exact) mass is 490 g/mol. The summed E-state index contributed by atoms with van der Waals surface area (Å²) in [6.07, 6.45) is 1.53. The average Bonchev–Trinajstić information content (AvgIpc) is 3.49. The summed E-state index contributed by atoms with van der Waals surface area (Å²) in [5.74, 6) is 1.62. The summed E-state index contributed by atoms with van der Waals surface area (Å²) >= 11 is 0. The zero-order valence-electron chi connectivity index (χ0n) is 20.2. The molecule has 188 valence electrons. The SMILES string of the molecule is Cc1ccc2c(N3CCC(NC(=O)O[C@@H]4CO[C@H]5OCC[C@H]54)CC3)nc(-c3ccccc3O)nc2c1. The lowest BCUT2D eigenvalue weighted by molar-refractivity contribution is -0.0907. The van der Waals surface area contributed by atoms with Gasteiger partial charge in [0.2, 0.25) is 0 Å². The van der Waals surface area contributed by atoms with Gasteiger partial charge in [-0.2, -0.15) is 0 Å². The van der Waals surface area contributed by atoms with E-state index in [9.17, 15) is 9.90 Å². The smallest absolute Gasteiger partial charge is 0.407 e. The Morgan fingerprint density at radius 3 is 2.78 bits per heavy atom. The number of amides is 1. The topological polar surface area (TPSA) is 106 Å². The minimum atomic E-state index is -0.389. The molecular weight excluding hydrogens is 460 g/mol. The number of ether oxygens (including phenoxy) is 3. The Bertz CT molecular complexity index is 1280. The number of fused-ring (bicyclic) bond motifs is 2. The lowest BCUT2D eigenvalue weighted by atomic mass is 10.0. The molecule has 3 aromatic rings. The van der Waals surface area contributed by atoms with E-state index in [2.05, 4.69) is 22.3 Å². The third-order valence-electron chi connectivity index (χ3n) is 7.34. The highest BCUT2D eigenvalue weighted by Gasteiger charge is 2.44. The number of carbonyl (C=O) groups excluding carboxylic acids is 1. The Morgan fingerprint density at radius 1 is 1.11 bits per heavy atom. The van der Waals surface area contributed by atoms with Gasteiger partial charge < -0.3 is 29.5 Å². The van der Waals surface area contributed by atoms with Gasteiger partial charge in [0, 0.05) is 24.5 Å². The molecule has 3 aliphatic rings. The molecule has 9 nitrogen and oxygen atoms in total. The molecule has 0 spiro atoms. The highest BCUT2D eigenvalue weighted by molar-refractivity contribution is 5.92. The van der Waals surface area contributed by atoms with Crippen LogP contribution in [0.25, 0.3) is 22.3 Å². The molecule has 9 heteroatoms. The third kappa shape index (κ3) is 4.44. The van der Waals surface area contributed by atoms with Gasteiger partial charge in [-0.15, -0.1) is 0 Å². The molecule has 1 aromatic heterocycles. The molecule has 4 heterocycles. The van der Waals surface area contributed by atoms with Gasteiger partial charge in [-0.25, -0.2) is 14.8 Å². The molecular formula is C27H30N4O5.